The summed E-state index contributed by atoms with van der Waals surface area (Å²) < 4.78 is 54.9. The summed E-state index contributed by atoms with van der Waals surface area (Å²) >= 11 is 0. The van der Waals surface area contributed by atoms with Gasteiger partial charge in [0.1, 0.15) is 11.6 Å². The summed E-state index contributed by atoms with van der Waals surface area (Å²) in [5.41, 5.74) is 0.169. The van der Waals surface area contributed by atoms with Crippen molar-refractivity contribution in [1.29, 1.82) is 5.26 Å². The van der Waals surface area contributed by atoms with Crippen LogP contribution in [0.5, 0.6) is 0 Å². The molecule has 4 rings (SSSR count). The molecule has 3 aromatic rings. The van der Waals surface area contributed by atoms with Crippen LogP contribution in [0.1, 0.15) is 35.7 Å². The highest BCUT2D eigenvalue weighted by Gasteiger charge is 2.32. The molecule has 3 heterocycles. The Kier molecular flexibility index (Phi) is 4.41. The summed E-state index contributed by atoms with van der Waals surface area (Å²) in [6.07, 6.45) is -2.00. The van der Waals surface area contributed by atoms with Crippen molar-refractivity contribution in [3.63, 3.8) is 0 Å². The van der Waals surface area contributed by atoms with E-state index in [1.165, 1.54) is 16.5 Å². The smallest absolute Gasteiger partial charge is 0.368 e. The molecule has 0 saturated carbocycles. The minimum atomic E-state index is -4.46. The van der Waals surface area contributed by atoms with Crippen molar-refractivity contribution in [2.24, 2.45) is 0 Å². The highest BCUT2D eigenvalue weighted by molar-refractivity contribution is 5.52. The van der Waals surface area contributed by atoms with E-state index in [-0.39, 0.29) is 11.5 Å². The van der Waals surface area contributed by atoms with Crippen molar-refractivity contribution >= 4 is 11.3 Å². The summed E-state index contributed by atoms with van der Waals surface area (Å²) in [5, 5.41) is 17.0. The van der Waals surface area contributed by atoms with Crippen molar-refractivity contribution in [2.75, 3.05) is 18.0 Å². The van der Waals surface area contributed by atoms with Crippen molar-refractivity contribution in [2.45, 2.75) is 24.9 Å². The third-order valence-corrected chi connectivity index (χ3v) is 4.96. The second-order valence-corrected chi connectivity index (χ2v) is 6.77. The van der Waals surface area contributed by atoms with Gasteiger partial charge in [-0.1, -0.05) is 0 Å². The van der Waals surface area contributed by atoms with E-state index in [0.29, 0.717) is 36.7 Å². The number of halogens is 4. The van der Waals surface area contributed by atoms with Gasteiger partial charge in [0, 0.05) is 25.2 Å². The lowest BCUT2D eigenvalue weighted by Crippen LogP contribution is -2.35. The number of benzene rings is 1. The number of pyridine rings is 1. The molecule has 1 aliphatic heterocycles. The van der Waals surface area contributed by atoms with Gasteiger partial charge >= 0.3 is 6.18 Å². The van der Waals surface area contributed by atoms with Gasteiger partial charge in [0.2, 0.25) is 0 Å². The maximum Gasteiger partial charge on any atom is 0.417 e. The second kappa shape index (κ2) is 6.78. The predicted molar refractivity (Wildman–Crippen MR) is 93.3 cm³/mol. The number of hydrogen-bond donors (Lipinski definition) is 0. The Morgan fingerprint density at radius 1 is 1.14 bits per heavy atom. The van der Waals surface area contributed by atoms with Crippen LogP contribution in [0.15, 0.2) is 36.5 Å². The van der Waals surface area contributed by atoms with E-state index in [2.05, 4.69) is 10.2 Å². The van der Waals surface area contributed by atoms with Crippen LogP contribution in [-0.2, 0) is 6.18 Å². The maximum absolute atomic E-state index is 14.4. The number of hydrogen-bond acceptors (Lipinski definition) is 4. The number of fused-ring (bicyclic) bond motifs is 1. The van der Waals surface area contributed by atoms with Gasteiger partial charge in [-0.05, 0) is 43.2 Å². The Labute approximate surface area is 157 Å². The SMILES string of the molecule is N#Cc1ccc(N2CCCC(c3nnc4ccc(C(F)(F)F)cn34)C2)c(F)c1. The highest BCUT2D eigenvalue weighted by atomic mass is 19.4. The fourth-order valence-corrected chi connectivity index (χ4v) is 3.59. The van der Waals surface area contributed by atoms with Gasteiger partial charge in [-0.3, -0.25) is 4.40 Å². The normalized spacial score (nSPS) is 17.7. The Morgan fingerprint density at radius 2 is 1.96 bits per heavy atom. The molecule has 0 aliphatic carbocycles. The highest BCUT2D eigenvalue weighted by Crippen LogP contribution is 2.33. The molecule has 0 N–H and O–H groups in total. The van der Waals surface area contributed by atoms with Gasteiger partial charge in [-0.15, -0.1) is 10.2 Å². The van der Waals surface area contributed by atoms with E-state index < -0.39 is 17.6 Å². The summed E-state index contributed by atoms with van der Waals surface area (Å²) in [4.78, 5) is 1.83. The van der Waals surface area contributed by atoms with E-state index in [4.69, 9.17) is 5.26 Å². The fourth-order valence-electron chi connectivity index (χ4n) is 3.59. The lowest BCUT2D eigenvalue weighted by atomic mass is 9.96. The van der Waals surface area contributed by atoms with Gasteiger partial charge in [-0.2, -0.15) is 18.4 Å². The number of aromatic nitrogens is 3. The van der Waals surface area contributed by atoms with E-state index in [0.717, 1.165) is 18.7 Å². The molecule has 5 nitrogen and oxygen atoms in total. The Hall–Kier alpha value is -3.15. The molecular weight excluding hydrogens is 374 g/mol. The van der Waals surface area contributed by atoms with Gasteiger partial charge in [0.15, 0.2) is 5.65 Å². The van der Waals surface area contributed by atoms with Crippen LogP contribution >= 0.6 is 0 Å². The lowest BCUT2D eigenvalue weighted by Gasteiger charge is -2.33. The number of nitriles is 1. The summed E-state index contributed by atoms with van der Waals surface area (Å²) in [6.45, 7) is 1.02. The van der Waals surface area contributed by atoms with Crippen LogP contribution < -0.4 is 4.90 Å². The molecule has 1 fully saturated rings. The largest absolute Gasteiger partial charge is 0.417 e. The first-order valence-corrected chi connectivity index (χ1v) is 8.73. The van der Waals surface area contributed by atoms with Crippen LogP contribution in [0.3, 0.4) is 0 Å². The quantitative estimate of drug-likeness (QED) is 0.618. The zero-order valence-electron chi connectivity index (χ0n) is 14.6. The molecule has 28 heavy (non-hydrogen) atoms. The van der Waals surface area contributed by atoms with Crippen molar-refractivity contribution in [3.05, 3.63) is 59.3 Å². The molecule has 1 aromatic carbocycles. The molecule has 1 aliphatic rings. The average molecular weight is 389 g/mol. The summed E-state index contributed by atoms with van der Waals surface area (Å²) in [5.74, 6) is -0.257. The monoisotopic (exact) mass is 389 g/mol. The fraction of sp³-hybridized carbons (Fsp3) is 0.316. The summed E-state index contributed by atoms with van der Waals surface area (Å²) in [7, 11) is 0. The van der Waals surface area contributed by atoms with Crippen LogP contribution in [0.25, 0.3) is 5.65 Å². The van der Waals surface area contributed by atoms with Gasteiger partial charge in [-0.25, -0.2) is 4.39 Å². The van der Waals surface area contributed by atoms with Crippen LogP contribution in [-0.4, -0.2) is 27.7 Å². The van der Waals surface area contributed by atoms with E-state index in [1.54, 1.807) is 12.1 Å². The molecule has 2 aromatic heterocycles. The number of nitrogens with zero attached hydrogens (tertiary/aromatic N) is 5. The van der Waals surface area contributed by atoms with E-state index >= 15 is 0 Å². The van der Waals surface area contributed by atoms with Crippen LogP contribution in [0.2, 0.25) is 0 Å². The van der Waals surface area contributed by atoms with Gasteiger partial charge in [0.25, 0.3) is 0 Å². The number of anilines is 1. The van der Waals surface area contributed by atoms with E-state index in [9.17, 15) is 17.6 Å². The Bertz CT molecular complexity index is 1070. The molecule has 9 heteroatoms. The lowest BCUT2D eigenvalue weighted by molar-refractivity contribution is -0.137. The minimum Gasteiger partial charge on any atom is -0.368 e. The van der Waals surface area contributed by atoms with Crippen LogP contribution in [0, 0.1) is 17.1 Å². The first kappa shape index (κ1) is 18.2. The average Bonchev–Trinajstić information content (AvgIpc) is 3.10. The van der Waals surface area contributed by atoms with Gasteiger partial charge < -0.3 is 4.90 Å². The molecule has 1 unspecified atom stereocenters. The van der Waals surface area contributed by atoms with E-state index in [1.807, 2.05) is 11.0 Å². The third kappa shape index (κ3) is 3.26. The molecule has 0 radical (unpaired) electrons. The number of rotatable bonds is 2. The molecular formula is C19H15F4N5. The molecule has 0 spiro atoms. The zero-order valence-corrected chi connectivity index (χ0v) is 14.6. The second-order valence-electron chi connectivity index (χ2n) is 6.77. The molecule has 144 valence electrons. The number of alkyl halides is 3. The first-order valence-electron chi connectivity index (χ1n) is 8.73. The van der Waals surface area contributed by atoms with Crippen LogP contribution in [0.4, 0.5) is 23.2 Å². The first-order chi connectivity index (χ1) is 13.4. The topological polar surface area (TPSA) is 57.2 Å². The summed E-state index contributed by atoms with van der Waals surface area (Å²) in [6, 6.07) is 8.45. The molecule has 1 saturated heterocycles. The van der Waals surface area contributed by atoms with Crippen molar-refractivity contribution in [1.82, 2.24) is 14.6 Å². The Morgan fingerprint density at radius 3 is 2.68 bits per heavy atom. The number of piperidine rings is 1. The van der Waals surface area contributed by atoms with Gasteiger partial charge in [0.05, 0.1) is 22.9 Å². The predicted octanol–water partition coefficient (Wildman–Crippen LogP) is 4.14. The Balaban J connectivity index is 1.66. The maximum atomic E-state index is 14.4. The molecule has 0 bridgehead atoms. The van der Waals surface area contributed by atoms with Crippen molar-refractivity contribution < 1.29 is 17.6 Å². The standard InChI is InChI=1S/C19H15F4N5/c20-15-8-12(9-24)3-5-16(15)27-7-1-2-13(10-27)18-26-25-17-6-4-14(11-28(17)18)19(21,22)23/h3-6,8,11,13H,1-2,7,10H2. The minimum absolute atomic E-state index is 0.192. The molecule has 1 atom stereocenters. The zero-order chi connectivity index (χ0) is 19.9. The third-order valence-electron chi connectivity index (χ3n) is 4.96. The van der Waals surface area contributed by atoms with Crippen molar-refractivity contribution in [3.8, 4) is 6.07 Å². The molecule has 0 amide bonds.